The van der Waals surface area contributed by atoms with Gasteiger partial charge in [0.25, 0.3) is 0 Å². The molecule has 0 aliphatic heterocycles. The molecule has 0 saturated heterocycles. The van der Waals surface area contributed by atoms with Crippen molar-refractivity contribution in [1.29, 1.82) is 0 Å². The summed E-state index contributed by atoms with van der Waals surface area (Å²) in [7, 11) is 1.98. The van der Waals surface area contributed by atoms with E-state index in [1.54, 1.807) is 0 Å². The Morgan fingerprint density at radius 3 is 2.71 bits per heavy atom. The van der Waals surface area contributed by atoms with Crippen molar-refractivity contribution in [2.45, 2.75) is 20.5 Å². The van der Waals surface area contributed by atoms with Crippen LogP contribution in [0.25, 0.3) is 5.65 Å². The molecule has 0 aliphatic carbocycles. The summed E-state index contributed by atoms with van der Waals surface area (Å²) in [5.74, 6) is 0.788. The summed E-state index contributed by atoms with van der Waals surface area (Å²) >= 11 is 0. The maximum Gasteiger partial charge on any atom is 0.157 e. The standard InChI is InChI=1S/C17H19N3O/c1-12-7-8-14(13(2)10-12)19(3)17-15(11-21)20-9-5-4-6-16(20)18-17/h4-10,21H,11H2,1-3H3. The van der Waals surface area contributed by atoms with Gasteiger partial charge in [0.05, 0.1) is 12.3 Å². The second-order valence-electron chi connectivity index (χ2n) is 5.32. The summed E-state index contributed by atoms with van der Waals surface area (Å²) in [5.41, 5.74) is 5.17. The van der Waals surface area contributed by atoms with Gasteiger partial charge in [0, 0.05) is 18.9 Å². The fraction of sp³-hybridized carbons (Fsp3) is 0.235. The zero-order valence-corrected chi connectivity index (χ0v) is 12.5. The summed E-state index contributed by atoms with van der Waals surface area (Å²) in [6.07, 6.45) is 1.92. The molecule has 0 unspecified atom stereocenters. The Bertz CT molecular complexity index is 792. The summed E-state index contributed by atoms with van der Waals surface area (Å²) < 4.78 is 1.93. The van der Waals surface area contributed by atoms with Gasteiger partial charge in [0.1, 0.15) is 5.65 Å². The molecule has 2 heterocycles. The number of imidazole rings is 1. The average molecular weight is 281 g/mol. The lowest BCUT2D eigenvalue weighted by Gasteiger charge is -2.20. The summed E-state index contributed by atoms with van der Waals surface area (Å²) in [4.78, 5) is 6.69. The Labute approximate surface area is 124 Å². The third-order valence-electron chi connectivity index (χ3n) is 3.79. The van der Waals surface area contributed by atoms with Gasteiger partial charge in [-0.3, -0.25) is 4.40 Å². The molecule has 0 bridgehead atoms. The lowest BCUT2D eigenvalue weighted by Crippen LogP contribution is -2.13. The Kier molecular flexibility index (Phi) is 3.39. The van der Waals surface area contributed by atoms with Crippen LogP contribution in [0.3, 0.4) is 0 Å². The summed E-state index contributed by atoms with van der Waals surface area (Å²) in [6, 6.07) is 12.2. The number of fused-ring (bicyclic) bond motifs is 1. The molecule has 1 aromatic carbocycles. The number of aliphatic hydroxyl groups is 1. The van der Waals surface area contributed by atoms with E-state index >= 15 is 0 Å². The molecular formula is C17H19N3O. The first-order chi connectivity index (χ1) is 10.1. The van der Waals surface area contributed by atoms with E-state index < -0.39 is 0 Å². The van der Waals surface area contributed by atoms with Gasteiger partial charge in [-0.1, -0.05) is 23.8 Å². The Morgan fingerprint density at radius 2 is 2.00 bits per heavy atom. The van der Waals surface area contributed by atoms with Gasteiger partial charge in [-0.2, -0.15) is 0 Å². The van der Waals surface area contributed by atoms with Crippen LogP contribution in [0.5, 0.6) is 0 Å². The fourth-order valence-electron chi connectivity index (χ4n) is 2.75. The van der Waals surface area contributed by atoms with Crippen LogP contribution >= 0.6 is 0 Å². The average Bonchev–Trinajstić information content (AvgIpc) is 2.85. The van der Waals surface area contributed by atoms with E-state index in [1.807, 2.05) is 40.7 Å². The van der Waals surface area contributed by atoms with Crippen molar-refractivity contribution in [3.63, 3.8) is 0 Å². The normalized spacial score (nSPS) is 11.0. The maximum atomic E-state index is 9.73. The molecule has 0 saturated carbocycles. The molecule has 108 valence electrons. The zero-order chi connectivity index (χ0) is 15.0. The van der Waals surface area contributed by atoms with Crippen LogP contribution in [0.4, 0.5) is 11.5 Å². The minimum absolute atomic E-state index is 0.0459. The van der Waals surface area contributed by atoms with Crippen LogP contribution in [0.15, 0.2) is 42.6 Å². The highest BCUT2D eigenvalue weighted by Crippen LogP contribution is 2.30. The van der Waals surface area contributed by atoms with Crippen molar-refractivity contribution >= 4 is 17.2 Å². The Balaban J connectivity index is 2.15. The molecule has 4 heteroatoms. The minimum Gasteiger partial charge on any atom is -0.390 e. The number of hydrogen-bond acceptors (Lipinski definition) is 3. The van der Waals surface area contributed by atoms with Gasteiger partial charge in [-0.05, 0) is 37.6 Å². The monoisotopic (exact) mass is 281 g/mol. The van der Waals surface area contributed by atoms with Gasteiger partial charge in [-0.15, -0.1) is 0 Å². The van der Waals surface area contributed by atoms with Gasteiger partial charge < -0.3 is 10.0 Å². The van der Waals surface area contributed by atoms with Crippen molar-refractivity contribution < 1.29 is 5.11 Å². The number of pyridine rings is 1. The van der Waals surface area contributed by atoms with E-state index in [4.69, 9.17) is 0 Å². The lowest BCUT2D eigenvalue weighted by atomic mass is 10.1. The second kappa shape index (κ2) is 5.22. The number of aromatic nitrogens is 2. The van der Waals surface area contributed by atoms with E-state index in [0.29, 0.717) is 0 Å². The quantitative estimate of drug-likeness (QED) is 0.801. The molecule has 0 spiro atoms. The zero-order valence-electron chi connectivity index (χ0n) is 12.5. The highest BCUT2D eigenvalue weighted by atomic mass is 16.3. The smallest absolute Gasteiger partial charge is 0.157 e. The molecule has 0 atom stereocenters. The third-order valence-corrected chi connectivity index (χ3v) is 3.79. The molecule has 3 rings (SSSR count). The SMILES string of the molecule is Cc1ccc(N(C)c2nc3ccccn3c2CO)c(C)c1. The number of anilines is 2. The van der Waals surface area contributed by atoms with E-state index in [-0.39, 0.29) is 6.61 Å². The molecule has 2 aromatic heterocycles. The number of nitrogens with zero attached hydrogens (tertiary/aromatic N) is 3. The number of aliphatic hydroxyl groups excluding tert-OH is 1. The van der Waals surface area contributed by atoms with Crippen molar-refractivity contribution in [2.24, 2.45) is 0 Å². The molecule has 0 radical (unpaired) electrons. The first-order valence-corrected chi connectivity index (χ1v) is 6.99. The molecule has 0 aliphatic rings. The highest BCUT2D eigenvalue weighted by Gasteiger charge is 2.17. The molecule has 0 fully saturated rings. The van der Waals surface area contributed by atoms with E-state index in [1.165, 1.54) is 11.1 Å². The Hall–Kier alpha value is -2.33. The number of rotatable bonds is 3. The van der Waals surface area contributed by atoms with Gasteiger partial charge in [0.15, 0.2) is 5.82 Å². The molecule has 21 heavy (non-hydrogen) atoms. The van der Waals surface area contributed by atoms with Crippen LogP contribution in [0.1, 0.15) is 16.8 Å². The molecule has 1 N–H and O–H groups in total. The fourth-order valence-corrected chi connectivity index (χ4v) is 2.75. The topological polar surface area (TPSA) is 40.8 Å². The molecule has 0 amide bonds. The first kappa shape index (κ1) is 13.6. The van der Waals surface area contributed by atoms with E-state index in [0.717, 1.165) is 22.8 Å². The minimum atomic E-state index is -0.0459. The van der Waals surface area contributed by atoms with Crippen LogP contribution in [-0.4, -0.2) is 21.5 Å². The van der Waals surface area contributed by atoms with Crippen LogP contribution in [-0.2, 0) is 6.61 Å². The van der Waals surface area contributed by atoms with Crippen molar-refractivity contribution in [3.05, 3.63) is 59.4 Å². The van der Waals surface area contributed by atoms with Gasteiger partial charge >= 0.3 is 0 Å². The number of benzene rings is 1. The van der Waals surface area contributed by atoms with Crippen LogP contribution < -0.4 is 4.90 Å². The van der Waals surface area contributed by atoms with Crippen LogP contribution in [0, 0.1) is 13.8 Å². The lowest BCUT2D eigenvalue weighted by molar-refractivity contribution is 0.276. The number of hydrogen-bond donors (Lipinski definition) is 1. The maximum absolute atomic E-state index is 9.73. The van der Waals surface area contributed by atoms with Crippen molar-refractivity contribution in [3.8, 4) is 0 Å². The number of aryl methyl sites for hydroxylation is 2. The van der Waals surface area contributed by atoms with Gasteiger partial charge in [0.2, 0.25) is 0 Å². The largest absolute Gasteiger partial charge is 0.390 e. The van der Waals surface area contributed by atoms with Crippen LogP contribution in [0.2, 0.25) is 0 Å². The molecule has 4 nitrogen and oxygen atoms in total. The molecular weight excluding hydrogens is 262 g/mol. The predicted octanol–water partition coefficient (Wildman–Crippen LogP) is 3.21. The van der Waals surface area contributed by atoms with Crippen molar-refractivity contribution in [1.82, 2.24) is 9.38 Å². The van der Waals surface area contributed by atoms with E-state index in [2.05, 4.69) is 37.0 Å². The second-order valence-corrected chi connectivity index (χ2v) is 5.32. The van der Waals surface area contributed by atoms with Gasteiger partial charge in [-0.25, -0.2) is 4.98 Å². The predicted molar refractivity (Wildman–Crippen MR) is 85.1 cm³/mol. The highest BCUT2D eigenvalue weighted by molar-refractivity contribution is 5.68. The molecule has 3 aromatic rings. The van der Waals surface area contributed by atoms with Crippen molar-refractivity contribution in [2.75, 3.05) is 11.9 Å². The third kappa shape index (κ3) is 2.28. The Morgan fingerprint density at radius 1 is 1.19 bits per heavy atom. The summed E-state index contributed by atoms with van der Waals surface area (Å²) in [6.45, 7) is 4.13. The first-order valence-electron chi connectivity index (χ1n) is 6.99. The summed E-state index contributed by atoms with van der Waals surface area (Å²) in [5, 5.41) is 9.73. The van der Waals surface area contributed by atoms with E-state index in [9.17, 15) is 5.11 Å².